The summed E-state index contributed by atoms with van der Waals surface area (Å²) >= 11 is 7.46. The minimum Gasteiger partial charge on any atom is -0.299 e. The lowest BCUT2D eigenvalue weighted by molar-refractivity contribution is -0.116. The van der Waals surface area contributed by atoms with Gasteiger partial charge in [-0.3, -0.25) is 4.79 Å². The highest BCUT2D eigenvalue weighted by molar-refractivity contribution is 8.00. The Morgan fingerprint density at radius 1 is 1.44 bits per heavy atom. The van der Waals surface area contributed by atoms with Crippen LogP contribution in [0.2, 0.25) is 5.02 Å². The molecule has 16 heavy (non-hydrogen) atoms. The average molecular weight is 253 g/mol. The third-order valence-electron chi connectivity index (χ3n) is 1.93. The molecule has 1 nitrogen and oxygen atoms in total. The molecule has 0 unspecified atom stereocenters. The first-order valence-electron chi connectivity index (χ1n) is 5.02. The molecular formula is C13H13ClOS. The van der Waals surface area contributed by atoms with Gasteiger partial charge in [0.25, 0.3) is 0 Å². The number of hydrogen-bond acceptors (Lipinski definition) is 2. The molecule has 0 amide bonds. The van der Waals surface area contributed by atoms with Crippen molar-refractivity contribution in [2.24, 2.45) is 0 Å². The monoisotopic (exact) mass is 252 g/mol. The third-order valence-corrected chi connectivity index (χ3v) is 3.51. The Morgan fingerprint density at radius 2 is 2.19 bits per heavy atom. The van der Waals surface area contributed by atoms with Gasteiger partial charge in [-0.05, 0) is 19.1 Å². The lowest BCUT2D eigenvalue weighted by Gasteiger charge is -2.02. The summed E-state index contributed by atoms with van der Waals surface area (Å²) < 4.78 is 0. The molecule has 0 saturated carbocycles. The van der Waals surface area contributed by atoms with Crippen LogP contribution in [0.15, 0.2) is 29.2 Å². The lowest BCUT2D eigenvalue weighted by atomic mass is 10.2. The predicted octanol–water partition coefficient (Wildman–Crippen LogP) is 3.80. The van der Waals surface area contributed by atoms with Gasteiger partial charge in [0.2, 0.25) is 0 Å². The Morgan fingerprint density at radius 3 is 2.88 bits per heavy atom. The Hall–Kier alpha value is -0.910. The quantitative estimate of drug-likeness (QED) is 0.586. The predicted molar refractivity (Wildman–Crippen MR) is 69.9 cm³/mol. The van der Waals surface area contributed by atoms with Crippen molar-refractivity contribution in [1.29, 1.82) is 0 Å². The molecule has 0 aliphatic heterocycles. The van der Waals surface area contributed by atoms with Gasteiger partial charge in [-0.1, -0.05) is 23.7 Å². The number of hydrogen-bond donors (Lipinski definition) is 0. The van der Waals surface area contributed by atoms with Gasteiger partial charge in [-0.25, -0.2) is 0 Å². The summed E-state index contributed by atoms with van der Waals surface area (Å²) in [7, 11) is 0. The number of halogens is 1. The molecule has 0 N–H and O–H groups in total. The third kappa shape index (κ3) is 4.74. The van der Waals surface area contributed by atoms with Crippen molar-refractivity contribution >= 4 is 29.1 Å². The number of thioether (sulfide) groups is 1. The van der Waals surface area contributed by atoms with E-state index in [0.717, 1.165) is 4.90 Å². The van der Waals surface area contributed by atoms with Crippen LogP contribution in [0.1, 0.15) is 19.8 Å². The van der Waals surface area contributed by atoms with Crippen LogP contribution in [-0.4, -0.2) is 11.5 Å². The number of Topliss-reactive ketones (excluding diaryl/α,β-unsaturated/α-hetero) is 1. The largest absolute Gasteiger partial charge is 0.299 e. The van der Waals surface area contributed by atoms with Gasteiger partial charge in [-0.15, -0.1) is 23.6 Å². The van der Waals surface area contributed by atoms with Crippen LogP contribution in [-0.2, 0) is 4.79 Å². The molecule has 0 heterocycles. The fourth-order valence-electron chi connectivity index (χ4n) is 1.12. The molecule has 1 aromatic carbocycles. The molecular weight excluding hydrogens is 240 g/mol. The molecule has 0 aliphatic rings. The number of carbonyl (C=O) groups is 1. The summed E-state index contributed by atoms with van der Waals surface area (Å²) in [5, 5.41) is 0.702. The zero-order valence-corrected chi connectivity index (χ0v) is 10.7. The summed E-state index contributed by atoms with van der Waals surface area (Å²) in [4.78, 5) is 12.4. The molecule has 0 radical (unpaired) electrons. The summed E-state index contributed by atoms with van der Waals surface area (Å²) in [6.07, 6.45) is 1.18. The number of carbonyl (C=O) groups excluding carboxylic acids is 1. The molecule has 0 fully saturated rings. The highest BCUT2D eigenvalue weighted by atomic mass is 35.5. The van der Waals surface area contributed by atoms with Crippen LogP contribution < -0.4 is 0 Å². The standard InChI is InChI=1S/C13H13ClOS/c1-2-3-4-7-11(15)10-16-13-9-6-5-8-12(13)14/h5-6,8-9H,4,7,10H2,1H3. The number of rotatable bonds is 5. The number of benzene rings is 1. The maximum atomic E-state index is 11.5. The maximum absolute atomic E-state index is 11.5. The Balaban J connectivity index is 2.36. The minimum atomic E-state index is 0.215. The average Bonchev–Trinajstić information content (AvgIpc) is 2.28. The van der Waals surface area contributed by atoms with Gasteiger partial charge in [0.1, 0.15) is 5.78 Å². The first-order chi connectivity index (χ1) is 7.74. The molecule has 1 rings (SSSR count). The van der Waals surface area contributed by atoms with Gasteiger partial charge < -0.3 is 0 Å². The van der Waals surface area contributed by atoms with E-state index in [0.29, 0.717) is 23.6 Å². The Kier molecular flexibility index (Phi) is 6.07. The molecule has 0 saturated heterocycles. The molecule has 1 aromatic rings. The molecule has 0 aromatic heterocycles. The van der Waals surface area contributed by atoms with Crippen molar-refractivity contribution in [3.05, 3.63) is 29.3 Å². The van der Waals surface area contributed by atoms with Crippen LogP contribution in [0.5, 0.6) is 0 Å². The van der Waals surface area contributed by atoms with Crippen LogP contribution >= 0.6 is 23.4 Å². The SMILES string of the molecule is CC#CCCC(=O)CSc1ccccc1Cl. The van der Waals surface area contributed by atoms with E-state index in [1.165, 1.54) is 11.8 Å². The molecule has 0 aliphatic carbocycles. The second-order valence-corrected chi connectivity index (χ2v) is 4.61. The van der Waals surface area contributed by atoms with Crippen molar-refractivity contribution in [2.75, 3.05) is 5.75 Å². The second kappa shape index (κ2) is 7.38. The highest BCUT2D eigenvalue weighted by Crippen LogP contribution is 2.26. The van der Waals surface area contributed by atoms with E-state index >= 15 is 0 Å². The fraction of sp³-hybridized carbons (Fsp3) is 0.308. The van der Waals surface area contributed by atoms with Gasteiger partial charge in [0.15, 0.2) is 0 Å². The van der Waals surface area contributed by atoms with E-state index in [1.807, 2.05) is 24.3 Å². The molecule has 84 valence electrons. The summed E-state index contributed by atoms with van der Waals surface area (Å²) in [6.45, 7) is 1.78. The second-order valence-electron chi connectivity index (χ2n) is 3.18. The molecule has 0 atom stereocenters. The maximum Gasteiger partial charge on any atom is 0.144 e. The van der Waals surface area contributed by atoms with E-state index < -0.39 is 0 Å². The smallest absolute Gasteiger partial charge is 0.144 e. The van der Waals surface area contributed by atoms with Crippen molar-refractivity contribution in [2.45, 2.75) is 24.7 Å². The van der Waals surface area contributed by atoms with Crippen LogP contribution in [0.3, 0.4) is 0 Å². The zero-order chi connectivity index (χ0) is 11.8. The van der Waals surface area contributed by atoms with Crippen LogP contribution in [0.4, 0.5) is 0 Å². The number of ketones is 1. The van der Waals surface area contributed by atoms with E-state index in [-0.39, 0.29) is 5.78 Å². The Labute approximate surface area is 106 Å². The fourth-order valence-corrected chi connectivity index (χ4v) is 2.26. The van der Waals surface area contributed by atoms with Gasteiger partial charge in [0.05, 0.1) is 10.8 Å². The van der Waals surface area contributed by atoms with Crippen molar-refractivity contribution in [3.8, 4) is 11.8 Å². The Bertz CT molecular complexity index is 417. The summed E-state index contributed by atoms with van der Waals surface area (Å²) in [5.74, 6) is 6.34. The van der Waals surface area contributed by atoms with Crippen molar-refractivity contribution in [1.82, 2.24) is 0 Å². The van der Waals surface area contributed by atoms with E-state index in [9.17, 15) is 4.79 Å². The van der Waals surface area contributed by atoms with E-state index in [4.69, 9.17) is 11.6 Å². The molecule has 0 spiro atoms. The zero-order valence-electron chi connectivity index (χ0n) is 9.13. The van der Waals surface area contributed by atoms with Crippen LogP contribution in [0.25, 0.3) is 0 Å². The van der Waals surface area contributed by atoms with Crippen LogP contribution in [0, 0.1) is 11.8 Å². The van der Waals surface area contributed by atoms with Crippen molar-refractivity contribution in [3.63, 3.8) is 0 Å². The van der Waals surface area contributed by atoms with E-state index in [1.54, 1.807) is 6.92 Å². The first kappa shape index (κ1) is 13.2. The minimum absolute atomic E-state index is 0.215. The topological polar surface area (TPSA) is 17.1 Å². The van der Waals surface area contributed by atoms with Gasteiger partial charge in [0, 0.05) is 17.7 Å². The highest BCUT2D eigenvalue weighted by Gasteiger charge is 2.04. The normalized spacial score (nSPS) is 9.38. The van der Waals surface area contributed by atoms with Crippen molar-refractivity contribution < 1.29 is 4.79 Å². The lowest BCUT2D eigenvalue weighted by Crippen LogP contribution is -2.00. The molecule has 3 heteroatoms. The van der Waals surface area contributed by atoms with Gasteiger partial charge >= 0.3 is 0 Å². The van der Waals surface area contributed by atoms with E-state index in [2.05, 4.69) is 11.8 Å². The first-order valence-corrected chi connectivity index (χ1v) is 6.39. The molecule has 0 bridgehead atoms. The van der Waals surface area contributed by atoms with Gasteiger partial charge in [-0.2, -0.15) is 0 Å². The summed E-state index contributed by atoms with van der Waals surface area (Å²) in [6, 6.07) is 7.55. The summed E-state index contributed by atoms with van der Waals surface area (Å²) in [5.41, 5.74) is 0.